The van der Waals surface area contributed by atoms with Gasteiger partial charge in [-0.25, -0.2) is 9.97 Å². The second-order valence-electron chi connectivity index (χ2n) is 6.95. The molecule has 0 saturated heterocycles. The largest absolute Gasteiger partial charge is 0.493 e. The van der Waals surface area contributed by atoms with E-state index >= 15 is 0 Å². The van der Waals surface area contributed by atoms with E-state index in [1.54, 1.807) is 13.2 Å². The Balaban J connectivity index is 1.83. The van der Waals surface area contributed by atoms with Crippen LogP contribution in [0.15, 0.2) is 16.9 Å². The normalized spacial score (nSPS) is 12.6. The maximum absolute atomic E-state index is 13.0. The van der Waals surface area contributed by atoms with Crippen LogP contribution in [0.5, 0.6) is 23.0 Å². The summed E-state index contributed by atoms with van der Waals surface area (Å²) in [6.07, 6.45) is 0. The highest BCUT2D eigenvalue weighted by Gasteiger charge is 2.29. The number of aromatic amines is 1. The van der Waals surface area contributed by atoms with Crippen molar-refractivity contribution < 1.29 is 23.7 Å². The molecule has 1 aliphatic rings. The number of nitrogens with one attached hydrogen (secondary N) is 1. The zero-order valence-corrected chi connectivity index (χ0v) is 18.1. The minimum atomic E-state index is -0.261. The first-order chi connectivity index (χ1) is 15.0. The van der Waals surface area contributed by atoms with Crippen LogP contribution in [0.3, 0.4) is 0 Å². The van der Waals surface area contributed by atoms with Gasteiger partial charge in [-0.05, 0) is 24.6 Å². The Hall–Kier alpha value is -3.37. The standard InChI is InChI=1S/C21H19N3O6S/c1-9-5-10(7-26-2)13-14-18(31-21(13)22-9)20(25)24-19(23-14)11-6-12(27-3)16-17(15(11)28-4)30-8-29-16/h5-6H,7-8H2,1-4H3,(H,23,24,25). The second kappa shape index (κ2) is 7.40. The molecule has 0 amide bonds. The molecule has 0 radical (unpaired) electrons. The minimum absolute atomic E-state index is 0.0507. The lowest BCUT2D eigenvalue weighted by Gasteiger charge is -2.13. The van der Waals surface area contributed by atoms with Gasteiger partial charge in [0, 0.05) is 18.2 Å². The summed E-state index contributed by atoms with van der Waals surface area (Å²) < 4.78 is 28.0. The molecule has 31 heavy (non-hydrogen) atoms. The maximum atomic E-state index is 13.0. The number of H-pyrrole nitrogens is 1. The van der Waals surface area contributed by atoms with E-state index in [-0.39, 0.29) is 12.4 Å². The molecule has 0 saturated carbocycles. The summed E-state index contributed by atoms with van der Waals surface area (Å²) in [6, 6.07) is 3.66. The molecule has 160 valence electrons. The van der Waals surface area contributed by atoms with Crippen molar-refractivity contribution in [1.82, 2.24) is 15.0 Å². The van der Waals surface area contributed by atoms with Crippen molar-refractivity contribution in [3.63, 3.8) is 0 Å². The lowest BCUT2D eigenvalue weighted by molar-refractivity contribution is 0.168. The first-order valence-electron chi connectivity index (χ1n) is 9.42. The summed E-state index contributed by atoms with van der Waals surface area (Å²) in [5, 5.41) is 0.812. The van der Waals surface area contributed by atoms with Crippen LogP contribution in [-0.4, -0.2) is 43.1 Å². The summed E-state index contributed by atoms with van der Waals surface area (Å²) in [4.78, 5) is 26.0. The first-order valence-corrected chi connectivity index (χ1v) is 10.2. The average Bonchev–Trinajstić information content (AvgIpc) is 3.38. The number of methoxy groups -OCH3 is 3. The molecule has 9 nitrogen and oxygen atoms in total. The van der Waals surface area contributed by atoms with Gasteiger partial charge in [-0.15, -0.1) is 11.3 Å². The fourth-order valence-electron chi connectivity index (χ4n) is 3.80. The third-order valence-corrected chi connectivity index (χ3v) is 6.12. The Morgan fingerprint density at radius 2 is 1.94 bits per heavy atom. The van der Waals surface area contributed by atoms with Crippen LogP contribution in [0.1, 0.15) is 11.3 Å². The molecule has 0 fully saturated rings. The van der Waals surface area contributed by atoms with Gasteiger partial charge in [0.15, 0.2) is 11.5 Å². The molecule has 1 N–H and O–H groups in total. The zero-order chi connectivity index (χ0) is 21.7. The molecule has 5 rings (SSSR count). The predicted octanol–water partition coefficient (Wildman–Crippen LogP) is 3.40. The number of aryl methyl sites for hydroxylation is 1. The van der Waals surface area contributed by atoms with Crippen LogP contribution in [0.2, 0.25) is 0 Å². The van der Waals surface area contributed by atoms with Gasteiger partial charge in [0.1, 0.15) is 15.4 Å². The van der Waals surface area contributed by atoms with Crippen LogP contribution >= 0.6 is 11.3 Å². The van der Waals surface area contributed by atoms with E-state index in [9.17, 15) is 4.79 Å². The van der Waals surface area contributed by atoms with Crippen LogP contribution in [0, 0.1) is 6.92 Å². The predicted molar refractivity (Wildman–Crippen MR) is 116 cm³/mol. The van der Waals surface area contributed by atoms with Gasteiger partial charge < -0.3 is 28.7 Å². The number of ether oxygens (including phenoxy) is 5. The van der Waals surface area contributed by atoms with Crippen LogP contribution in [0.4, 0.5) is 0 Å². The number of rotatable bonds is 5. The highest BCUT2D eigenvalue weighted by Crippen LogP contribution is 2.52. The Labute approximate surface area is 180 Å². The second-order valence-corrected chi connectivity index (χ2v) is 7.95. The molecule has 0 spiro atoms. The Kier molecular flexibility index (Phi) is 4.67. The molecule has 1 aromatic carbocycles. The monoisotopic (exact) mass is 441 g/mol. The Morgan fingerprint density at radius 1 is 1.13 bits per heavy atom. The molecule has 1 aliphatic heterocycles. The number of thiophene rings is 1. The molecule has 4 aromatic rings. The first kappa shape index (κ1) is 19.6. The van der Waals surface area contributed by atoms with Crippen LogP contribution in [0.25, 0.3) is 31.8 Å². The van der Waals surface area contributed by atoms with Crippen molar-refractivity contribution in [2.75, 3.05) is 28.1 Å². The maximum Gasteiger partial charge on any atom is 0.269 e. The molecular formula is C21H19N3O6S. The lowest BCUT2D eigenvalue weighted by atomic mass is 10.1. The highest BCUT2D eigenvalue weighted by atomic mass is 32.1. The van der Waals surface area contributed by atoms with Crippen molar-refractivity contribution in [1.29, 1.82) is 0 Å². The van der Waals surface area contributed by atoms with Gasteiger partial charge in [-0.2, -0.15) is 0 Å². The van der Waals surface area contributed by atoms with Gasteiger partial charge in [0.25, 0.3) is 5.56 Å². The van der Waals surface area contributed by atoms with Crippen molar-refractivity contribution in [2.45, 2.75) is 13.5 Å². The van der Waals surface area contributed by atoms with E-state index in [1.807, 2.05) is 13.0 Å². The molecule has 0 atom stereocenters. The van der Waals surface area contributed by atoms with E-state index in [2.05, 4.69) is 9.97 Å². The van der Waals surface area contributed by atoms with Gasteiger partial charge in [-0.3, -0.25) is 4.79 Å². The van der Waals surface area contributed by atoms with Crippen molar-refractivity contribution in [3.05, 3.63) is 33.7 Å². The van der Waals surface area contributed by atoms with E-state index in [0.29, 0.717) is 51.2 Å². The fraction of sp³-hybridized carbons (Fsp3) is 0.286. The van der Waals surface area contributed by atoms with Gasteiger partial charge in [0.05, 0.1) is 31.9 Å². The Bertz CT molecular complexity index is 1390. The summed E-state index contributed by atoms with van der Waals surface area (Å²) in [5.74, 6) is 2.05. The molecular weight excluding hydrogens is 422 g/mol. The minimum Gasteiger partial charge on any atom is -0.493 e. The third kappa shape index (κ3) is 2.98. The SMILES string of the molecule is COCc1cc(C)nc2sc3c(=O)[nH]c(-c4cc(OC)c5c(c4OC)OCO5)nc3c12. The van der Waals surface area contributed by atoms with E-state index in [4.69, 9.17) is 28.7 Å². The van der Waals surface area contributed by atoms with Crippen LogP contribution in [-0.2, 0) is 11.3 Å². The Morgan fingerprint density at radius 3 is 2.68 bits per heavy atom. The average molecular weight is 441 g/mol. The topological polar surface area (TPSA) is 105 Å². The van der Waals surface area contributed by atoms with Gasteiger partial charge in [-0.1, -0.05) is 0 Å². The zero-order valence-electron chi connectivity index (χ0n) is 17.3. The molecule has 10 heteroatoms. The van der Waals surface area contributed by atoms with E-state index in [1.165, 1.54) is 25.6 Å². The summed E-state index contributed by atoms with van der Waals surface area (Å²) >= 11 is 1.31. The van der Waals surface area contributed by atoms with Gasteiger partial charge in [0.2, 0.25) is 18.3 Å². The van der Waals surface area contributed by atoms with E-state index in [0.717, 1.165) is 21.5 Å². The summed E-state index contributed by atoms with van der Waals surface area (Å²) in [6.45, 7) is 2.35. The number of nitrogens with zero attached hydrogens (tertiary/aromatic N) is 2. The number of hydrogen-bond acceptors (Lipinski definition) is 9. The summed E-state index contributed by atoms with van der Waals surface area (Å²) in [5.41, 5.74) is 2.61. The van der Waals surface area contributed by atoms with Crippen molar-refractivity contribution in [3.8, 4) is 34.4 Å². The van der Waals surface area contributed by atoms with Crippen molar-refractivity contribution in [2.24, 2.45) is 0 Å². The third-order valence-electron chi connectivity index (χ3n) is 5.05. The lowest BCUT2D eigenvalue weighted by Crippen LogP contribution is -2.08. The molecule has 0 aliphatic carbocycles. The number of pyridine rings is 1. The van der Waals surface area contributed by atoms with Crippen molar-refractivity contribution >= 4 is 31.8 Å². The molecule has 4 heterocycles. The number of benzene rings is 1. The molecule has 0 bridgehead atoms. The van der Waals surface area contributed by atoms with Crippen LogP contribution < -0.4 is 24.5 Å². The number of hydrogen-bond donors (Lipinski definition) is 1. The van der Waals surface area contributed by atoms with Gasteiger partial charge >= 0.3 is 0 Å². The van der Waals surface area contributed by atoms with E-state index < -0.39 is 0 Å². The molecule has 3 aromatic heterocycles. The quantitative estimate of drug-likeness (QED) is 0.502. The highest BCUT2D eigenvalue weighted by molar-refractivity contribution is 7.25. The molecule has 0 unspecified atom stereocenters. The summed E-state index contributed by atoms with van der Waals surface area (Å²) in [7, 11) is 4.68. The number of aromatic nitrogens is 3. The fourth-order valence-corrected chi connectivity index (χ4v) is 4.90. The smallest absolute Gasteiger partial charge is 0.269 e. The number of fused-ring (bicyclic) bond motifs is 4.